The normalized spacial score (nSPS) is 11.2. The van der Waals surface area contributed by atoms with Gasteiger partial charge in [-0.15, -0.1) is 10.2 Å². The van der Waals surface area contributed by atoms with E-state index in [1.54, 1.807) is 43.3 Å². The number of rotatable bonds is 9. The van der Waals surface area contributed by atoms with Crippen LogP contribution in [0, 0.1) is 6.92 Å². The van der Waals surface area contributed by atoms with E-state index in [0.29, 0.717) is 21.8 Å². The summed E-state index contributed by atoms with van der Waals surface area (Å²) in [5, 5.41) is 10.8. The molecule has 11 heteroatoms. The van der Waals surface area contributed by atoms with Crippen LogP contribution in [0.4, 0.5) is 10.8 Å². The molecule has 0 aliphatic rings. The van der Waals surface area contributed by atoms with Crippen LogP contribution in [0.1, 0.15) is 12.5 Å². The van der Waals surface area contributed by atoms with Gasteiger partial charge in [-0.1, -0.05) is 52.9 Å². The molecule has 0 aliphatic heterocycles. The number of anilines is 2. The summed E-state index contributed by atoms with van der Waals surface area (Å²) in [6, 6.07) is 13.2. The third-order valence-electron chi connectivity index (χ3n) is 4.16. The van der Waals surface area contributed by atoms with Gasteiger partial charge >= 0.3 is 0 Å². The molecule has 0 aliphatic carbocycles. The molecule has 0 saturated carbocycles. The molecule has 0 fully saturated rings. The Kier molecular flexibility index (Phi) is 7.52. The maximum atomic E-state index is 13.5. The number of carbonyl (C=O) groups excluding carboxylic acids is 1. The molecular weight excluding hydrogens is 456 g/mol. The molecule has 164 valence electrons. The first-order valence-electron chi connectivity index (χ1n) is 9.33. The number of nitrogens with zero attached hydrogens (tertiary/aromatic N) is 3. The predicted octanol–water partition coefficient (Wildman–Crippen LogP) is 3.80. The number of hydrogen-bond acceptors (Lipinski definition) is 8. The topological polar surface area (TPSA) is 101 Å². The van der Waals surface area contributed by atoms with Gasteiger partial charge in [-0.2, -0.15) is 0 Å². The summed E-state index contributed by atoms with van der Waals surface area (Å²) in [7, 11) is -4.04. The number of benzene rings is 2. The van der Waals surface area contributed by atoms with Gasteiger partial charge in [0.2, 0.25) is 11.0 Å². The number of hydrogen-bond donors (Lipinski definition) is 1. The van der Waals surface area contributed by atoms with E-state index in [0.717, 1.165) is 9.87 Å². The van der Waals surface area contributed by atoms with Gasteiger partial charge in [0.05, 0.1) is 17.2 Å². The number of thioether (sulfide) groups is 1. The van der Waals surface area contributed by atoms with Gasteiger partial charge < -0.3 is 4.74 Å². The quantitative estimate of drug-likeness (QED) is 0.369. The van der Waals surface area contributed by atoms with Crippen LogP contribution in [0.2, 0.25) is 0 Å². The minimum Gasteiger partial charge on any atom is -0.492 e. The van der Waals surface area contributed by atoms with Crippen molar-refractivity contribution in [1.29, 1.82) is 0 Å². The fraction of sp³-hybridized carbons (Fsp3) is 0.250. The Labute approximate surface area is 189 Å². The molecule has 0 bridgehead atoms. The van der Waals surface area contributed by atoms with Crippen molar-refractivity contribution in [3.05, 3.63) is 54.1 Å². The molecular formula is C20H22N4O4S3. The molecule has 1 aromatic heterocycles. The number of ether oxygens (including phenoxy) is 1. The molecule has 3 rings (SSSR count). The Morgan fingerprint density at radius 1 is 1.16 bits per heavy atom. The lowest BCUT2D eigenvalue weighted by molar-refractivity contribution is -0.114. The maximum absolute atomic E-state index is 13.5. The molecule has 1 amide bonds. The Morgan fingerprint density at radius 3 is 2.52 bits per heavy atom. The predicted molar refractivity (Wildman–Crippen MR) is 124 cm³/mol. The lowest BCUT2D eigenvalue weighted by Gasteiger charge is -2.25. The zero-order valence-electron chi connectivity index (χ0n) is 17.2. The van der Waals surface area contributed by atoms with Crippen LogP contribution in [0.5, 0.6) is 5.75 Å². The van der Waals surface area contributed by atoms with Crippen LogP contribution >= 0.6 is 23.1 Å². The number of para-hydroxylation sites is 2. The molecule has 2 aromatic carbocycles. The van der Waals surface area contributed by atoms with Crippen molar-refractivity contribution in [2.75, 3.05) is 29.0 Å². The molecule has 0 atom stereocenters. The average Bonchev–Trinajstić information content (AvgIpc) is 3.20. The Morgan fingerprint density at radius 2 is 1.87 bits per heavy atom. The Hall–Kier alpha value is -2.63. The molecule has 1 N–H and O–H groups in total. The second-order valence-corrected chi connectivity index (χ2v) is 10.2. The van der Waals surface area contributed by atoms with E-state index in [1.165, 1.54) is 35.2 Å². The van der Waals surface area contributed by atoms with E-state index < -0.39 is 22.5 Å². The molecule has 3 aromatic rings. The minimum absolute atomic E-state index is 0.0813. The van der Waals surface area contributed by atoms with E-state index in [1.807, 2.05) is 13.2 Å². The second kappa shape index (κ2) is 10.1. The van der Waals surface area contributed by atoms with Crippen LogP contribution in [-0.4, -0.2) is 43.9 Å². The summed E-state index contributed by atoms with van der Waals surface area (Å²) in [4.78, 5) is 12.9. The fourth-order valence-corrected chi connectivity index (χ4v) is 5.33. The smallest absolute Gasteiger partial charge is 0.264 e. The van der Waals surface area contributed by atoms with Crippen LogP contribution in [0.15, 0.2) is 57.8 Å². The van der Waals surface area contributed by atoms with Crippen LogP contribution < -0.4 is 14.4 Å². The lowest BCUT2D eigenvalue weighted by Crippen LogP contribution is -2.38. The zero-order chi connectivity index (χ0) is 22.4. The van der Waals surface area contributed by atoms with E-state index in [9.17, 15) is 13.2 Å². The third kappa shape index (κ3) is 5.54. The molecule has 0 radical (unpaired) electrons. The molecule has 0 saturated heterocycles. The number of carbonyl (C=O) groups is 1. The van der Waals surface area contributed by atoms with Gasteiger partial charge in [0.25, 0.3) is 10.0 Å². The van der Waals surface area contributed by atoms with E-state index in [2.05, 4.69) is 15.5 Å². The number of sulfonamides is 1. The summed E-state index contributed by atoms with van der Waals surface area (Å²) in [5.74, 6) is -0.167. The minimum atomic E-state index is -4.04. The largest absolute Gasteiger partial charge is 0.492 e. The van der Waals surface area contributed by atoms with Gasteiger partial charge in [0.15, 0.2) is 4.34 Å². The molecule has 31 heavy (non-hydrogen) atoms. The first-order valence-corrected chi connectivity index (χ1v) is 12.8. The van der Waals surface area contributed by atoms with E-state index in [4.69, 9.17) is 4.74 Å². The summed E-state index contributed by atoms with van der Waals surface area (Å²) in [6.45, 7) is 3.58. The Bertz CT molecular complexity index is 1150. The summed E-state index contributed by atoms with van der Waals surface area (Å²) in [6.07, 6.45) is 1.85. The summed E-state index contributed by atoms with van der Waals surface area (Å²) in [5.41, 5.74) is 1.21. The fourth-order valence-electron chi connectivity index (χ4n) is 2.71. The number of nitrogens with one attached hydrogen (secondary N) is 1. The van der Waals surface area contributed by atoms with Crippen molar-refractivity contribution >= 4 is 49.8 Å². The van der Waals surface area contributed by atoms with Crippen LogP contribution in [0.25, 0.3) is 0 Å². The third-order valence-corrected chi connectivity index (χ3v) is 7.75. The zero-order valence-corrected chi connectivity index (χ0v) is 19.7. The Balaban J connectivity index is 1.98. The highest BCUT2D eigenvalue weighted by Crippen LogP contribution is 2.32. The monoisotopic (exact) mass is 478 g/mol. The van der Waals surface area contributed by atoms with E-state index in [-0.39, 0.29) is 10.6 Å². The SMILES string of the molecule is CCOc1ccccc1N(CC(=O)Nc1nnc(SC)s1)S(=O)(=O)c1ccc(C)cc1. The van der Waals surface area contributed by atoms with Crippen molar-refractivity contribution in [1.82, 2.24) is 10.2 Å². The summed E-state index contributed by atoms with van der Waals surface area (Å²) >= 11 is 2.63. The van der Waals surface area contributed by atoms with Gasteiger partial charge in [-0.05, 0) is 44.4 Å². The van der Waals surface area contributed by atoms with Crippen molar-refractivity contribution < 1.29 is 17.9 Å². The van der Waals surface area contributed by atoms with E-state index >= 15 is 0 Å². The highest BCUT2D eigenvalue weighted by atomic mass is 32.2. The first kappa shape index (κ1) is 23.0. The van der Waals surface area contributed by atoms with Crippen molar-refractivity contribution in [3.63, 3.8) is 0 Å². The average molecular weight is 479 g/mol. The van der Waals surface area contributed by atoms with Crippen molar-refractivity contribution in [2.45, 2.75) is 23.1 Å². The lowest BCUT2D eigenvalue weighted by atomic mass is 10.2. The molecule has 0 unspecified atom stereocenters. The number of amides is 1. The number of aryl methyl sites for hydroxylation is 1. The summed E-state index contributed by atoms with van der Waals surface area (Å²) < 4.78 is 34.4. The highest BCUT2D eigenvalue weighted by molar-refractivity contribution is 8.00. The van der Waals surface area contributed by atoms with Crippen molar-refractivity contribution in [3.8, 4) is 5.75 Å². The van der Waals surface area contributed by atoms with Crippen molar-refractivity contribution in [2.24, 2.45) is 0 Å². The second-order valence-electron chi connectivity index (χ2n) is 6.35. The maximum Gasteiger partial charge on any atom is 0.264 e. The molecule has 0 spiro atoms. The number of aromatic nitrogens is 2. The highest BCUT2D eigenvalue weighted by Gasteiger charge is 2.29. The van der Waals surface area contributed by atoms with Gasteiger partial charge in [-0.3, -0.25) is 14.4 Å². The van der Waals surface area contributed by atoms with Crippen LogP contribution in [0.3, 0.4) is 0 Å². The van der Waals surface area contributed by atoms with Gasteiger partial charge in [0, 0.05) is 0 Å². The molecule has 1 heterocycles. The van der Waals surface area contributed by atoms with Gasteiger partial charge in [-0.25, -0.2) is 8.42 Å². The molecule has 8 nitrogen and oxygen atoms in total. The van der Waals surface area contributed by atoms with Gasteiger partial charge in [0.1, 0.15) is 12.3 Å². The standard InChI is InChI=1S/C20H22N4O4S3/c1-4-28-17-8-6-5-7-16(17)24(31(26,27)15-11-9-14(2)10-12-15)13-18(25)21-19-22-23-20(29-3)30-19/h5-12H,4,13H2,1-3H3,(H,21,22,25). The first-order chi connectivity index (χ1) is 14.8. The van der Waals surface area contributed by atoms with Crippen LogP contribution in [-0.2, 0) is 14.8 Å².